The molecular formula is C24H27ClN2O3. The summed E-state index contributed by atoms with van der Waals surface area (Å²) in [6.07, 6.45) is 3.94. The number of hydrogen-bond donors (Lipinski definition) is 1. The Morgan fingerprint density at radius 1 is 1.30 bits per heavy atom. The maximum absolute atomic E-state index is 12.4. The Hall–Kier alpha value is -2.97. The molecule has 1 amide bonds. The van der Waals surface area contributed by atoms with Crippen LogP contribution in [0.3, 0.4) is 0 Å². The maximum Gasteiger partial charge on any atom is 0.261 e. The van der Waals surface area contributed by atoms with Crippen molar-refractivity contribution in [1.82, 2.24) is 5.32 Å². The number of nitriles is 1. The van der Waals surface area contributed by atoms with E-state index in [0.717, 1.165) is 19.3 Å². The quantitative estimate of drug-likeness (QED) is 0.322. The van der Waals surface area contributed by atoms with Crippen molar-refractivity contribution in [1.29, 1.82) is 5.26 Å². The minimum Gasteiger partial charge on any atom is -0.493 e. The van der Waals surface area contributed by atoms with Gasteiger partial charge in [-0.2, -0.15) is 5.26 Å². The van der Waals surface area contributed by atoms with Crippen molar-refractivity contribution in [2.24, 2.45) is 0 Å². The van der Waals surface area contributed by atoms with Gasteiger partial charge in [0, 0.05) is 6.54 Å². The van der Waals surface area contributed by atoms with Crippen LogP contribution in [0.5, 0.6) is 11.5 Å². The third kappa shape index (κ3) is 6.82. The molecule has 0 spiro atoms. The van der Waals surface area contributed by atoms with Gasteiger partial charge in [0.2, 0.25) is 0 Å². The van der Waals surface area contributed by atoms with Crippen LogP contribution in [0.15, 0.2) is 48.0 Å². The Labute approximate surface area is 183 Å². The van der Waals surface area contributed by atoms with Crippen LogP contribution in [0.4, 0.5) is 0 Å². The summed E-state index contributed by atoms with van der Waals surface area (Å²) in [7, 11) is 1.52. The standard InChI is InChI=1S/C24H27ClN2O3/c1-4-17(2)30-23-21(25)14-19(15-22(23)29-3)13-20(16-26)24(28)27-12-8-11-18-9-6-5-7-10-18/h5-7,9-10,13-15,17H,4,8,11-12H2,1-3H3,(H,27,28)/b20-13-/t17-/m0/s1. The predicted octanol–water partition coefficient (Wildman–Crippen LogP) is 5.18. The molecule has 0 aliphatic carbocycles. The molecule has 2 rings (SSSR count). The fourth-order valence-electron chi connectivity index (χ4n) is 2.77. The van der Waals surface area contributed by atoms with Crippen LogP contribution in [-0.2, 0) is 11.2 Å². The fraction of sp³-hybridized carbons (Fsp3) is 0.333. The topological polar surface area (TPSA) is 71.3 Å². The largest absolute Gasteiger partial charge is 0.493 e. The highest BCUT2D eigenvalue weighted by Gasteiger charge is 2.15. The average molecular weight is 427 g/mol. The third-order valence-corrected chi connectivity index (χ3v) is 4.87. The first-order chi connectivity index (χ1) is 14.5. The number of methoxy groups -OCH3 is 1. The highest BCUT2D eigenvalue weighted by atomic mass is 35.5. The molecule has 2 aromatic rings. The molecule has 0 unspecified atom stereocenters. The van der Waals surface area contributed by atoms with Gasteiger partial charge in [-0.25, -0.2) is 0 Å². The van der Waals surface area contributed by atoms with E-state index >= 15 is 0 Å². The molecule has 30 heavy (non-hydrogen) atoms. The van der Waals surface area contributed by atoms with Gasteiger partial charge in [-0.1, -0.05) is 48.9 Å². The Bertz CT molecular complexity index is 920. The molecular weight excluding hydrogens is 400 g/mol. The van der Waals surface area contributed by atoms with Gasteiger partial charge in [-0.05, 0) is 55.5 Å². The van der Waals surface area contributed by atoms with E-state index in [0.29, 0.717) is 28.6 Å². The van der Waals surface area contributed by atoms with Crippen LogP contribution < -0.4 is 14.8 Å². The van der Waals surface area contributed by atoms with Gasteiger partial charge in [0.15, 0.2) is 11.5 Å². The predicted molar refractivity (Wildman–Crippen MR) is 120 cm³/mol. The molecule has 2 aromatic carbocycles. The number of ether oxygens (including phenoxy) is 2. The summed E-state index contributed by atoms with van der Waals surface area (Å²) < 4.78 is 11.2. The number of rotatable bonds is 10. The molecule has 0 aliphatic heterocycles. The van der Waals surface area contributed by atoms with Crippen LogP contribution in [0.25, 0.3) is 6.08 Å². The number of benzene rings is 2. The lowest BCUT2D eigenvalue weighted by atomic mass is 10.1. The van der Waals surface area contributed by atoms with Gasteiger partial charge >= 0.3 is 0 Å². The highest BCUT2D eigenvalue weighted by Crippen LogP contribution is 2.37. The molecule has 0 bridgehead atoms. The number of carbonyl (C=O) groups excluding carboxylic acids is 1. The number of amides is 1. The number of hydrogen-bond acceptors (Lipinski definition) is 4. The van der Waals surface area contributed by atoms with Crippen LogP contribution in [0.2, 0.25) is 5.02 Å². The fourth-order valence-corrected chi connectivity index (χ4v) is 3.04. The summed E-state index contributed by atoms with van der Waals surface area (Å²) in [6.45, 7) is 4.44. The number of nitrogens with zero attached hydrogens (tertiary/aromatic N) is 1. The second-order valence-electron chi connectivity index (χ2n) is 6.89. The lowest BCUT2D eigenvalue weighted by Gasteiger charge is -2.17. The van der Waals surface area contributed by atoms with Gasteiger partial charge in [-0.3, -0.25) is 4.79 Å². The van der Waals surface area contributed by atoms with Crippen molar-refractivity contribution >= 4 is 23.6 Å². The zero-order valence-corrected chi connectivity index (χ0v) is 18.3. The summed E-state index contributed by atoms with van der Waals surface area (Å²) >= 11 is 6.36. The summed E-state index contributed by atoms with van der Waals surface area (Å²) in [5.74, 6) is 0.490. The second-order valence-corrected chi connectivity index (χ2v) is 7.29. The van der Waals surface area contributed by atoms with E-state index < -0.39 is 5.91 Å². The molecule has 5 nitrogen and oxygen atoms in total. The first-order valence-corrected chi connectivity index (χ1v) is 10.3. The van der Waals surface area contributed by atoms with Gasteiger partial charge in [-0.15, -0.1) is 0 Å². The van der Waals surface area contributed by atoms with E-state index in [2.05, 4.69) is 5.32 Å². The number of nitrogens with one attached hydrogen (secondary N) is 1. The monoisotopic (exact) mass is 426 g/mol. The van der Waals surface area contributed by atoms with E-state index in [1.807, 2.05) is 50.2 Å². The lowest BCUT2D eigenvalue weighted by molar-refractivity contribution is -0.117. The molecule has 0 saturated heterocycles. The van der Waals surface area contributed by atoms with Gasteiger partial charge in [0.05, 0.1) is 18.2 Å². The highest BCUT2D eigenvalue weighted by molar-refractivity contribution is 6.32. The third-order valence-electron chi connectivity index (χ3n) is 4.59. The molecule has 158 valence electrons. The number of aryl methyl sites for hydroxylation is 1. The minimum atomic E-state index is -0.416. The first-order valence-electron chi connectivity index (χ1n) is 9.96. The average Bonchev–Trinajstić information content (AvgIpc) is 2.76. The maximum atomic E-state index is 12.4. The van der Waals surface area contributed by atoms with Crippen LogP contribution in [-0.4, -0.2) is 25.7 Å². The number of halogens is 1. The van der Waals surface area contributed by atoms with E-state index in [1.54, 1.807) is 12.1 Å². The van der Waals surface area contributed by atoms with Crippen molar-refractivity contribution < 1.29 is 14.3 Å². The Morgan fingerprint density at radius 2 is 2.03 bits per heavy atom. The van der Waals surface area contributed by atoms with Crippen LogP contribution >= 0.6 is 11.6 Å². The smallest absolute Gasteiger partial charge is 0.261 e. The molecule has 0 fully saturated rings. The molecule has 0 saturated carbocycles. The minimum absolute atomic E-state index is 0.00317. The van der Waals surface area contributed by atoms with E-state index in [1.165, 1.54) is 18.7 Å². The first kappa shape index (κ1) is 23.3. The molecule has 6 heteroatoms. The van der Waals surface area contributed by atoms with E-state index in [4.69, 9.17) is 21.1 Å². The van der Waals surface area contributed by atoms with Gasteiger partial charge in [0.1, 0.15) is 11.6 Å². The van der Waals surface area contributed by atoms with Crippen molar-refractivity contribution in [2.75, 3.05) is 13.7 Å². The zero-order chi connectivity index (χ0) is 21.9. The van der Waals surface area contributed by atoms with Crippen molar-refractivity contribution in [3.63, 3.8) is 0 Å². The summed E-state index contributed by atoms with van der Waals surface area (Å²) in [5.41, 5.74) is 1.80. The van der Waals surface area contributed by atoms with Gasteiger partial charge in [0.25, 0.3) is 5.91 Å². The van der Waals surface area contributed by atoms with Gasteiger partial charge < -0.3 is 14.8 Å². The Morgan fingerprint density at radius 3 is 2.67 bits per heavy atom. The Balaban J connectivity index is 2.06. The van der Waals surface area contributed by atoms with Crippen LogP contribution in [0.1, 0.15) is 37.8 Å². The van der Waals surface area contributed by atoms with Crippen molar-refractivity contribution in [2.45, 2.75) is 39.2 Å². The molecule has 0 heterocycles. The molecule has 0 aliphatic rings. The SMILES string of the molecule is CC[C@H](C)Oc1c(Cl)cc(/C=C(/C#N)C(=O)NCCCc2ccccc2)cc1OC. The van der Waals surface area contributed by atoms with E-state index in [9.17, 15) is 10.1 Å². The van der Waals surface area contributed by atoms with Crippen molar-refractivity contribution in [3.8, 4) is 17.6 Å². The Kier molecular flexibility index (Phi) is 9.24. The number of carbonyl (C=O) groups is 1. The summed E-state index contributed by atoms with van der Waals surface area (Å²) in [5, 5.41) is 12.6. The molecule has 0 radical (unpaired) electrons. The normalized spacial score (nSPS) is 12.0. The van der Waals surface area contributed by atoms with Crippen molar-refractivity contribution in [3.05, 3.63) is 64.2 Å². The summed E-state index contributed by atoms with van der Waals surface area (Å²) in [4.78, 5) is 12.4. The van der Waals surface area contributed by atoms with Crippen LogP contribution in [0, 0.1) is 11.3 Å². The zero-order valence-electron chi connectivity index (χ0n) is 17.6. The second kappa shape index (κ2) is 11.9. The molecule has 1 atom stereocenters. The summed E-state index contributed by atoms with van der Waals surface area (Å²) in [6, 6.07) is 15.4. The van der Waals surface area contributed by atoms with E-state index in [-0.39, 0.29) is 11.7 Å². The lowest BCUT2D eigenvalue weighted by Crippen LogP contribution is -2.25. The molecule has 0 aromatic heterocycles. The molecule has 1 N–H and O–H groups in total.